The third-order valence-electron chi connectivity index (χ3n) is 4.31. The summed E-state index contributed by atoms with van der Waals surface area (Å²) >= 11 is 0. The van der Waals surface area contributed by atoms with E-state index in [9.17, 15) is 0 Å². The summed E-state index contributed by atoms with van der Waals surface area (Å²) in [5.41, 5.74) is 7.03. The van der Waals surface area contributed by atoms with Gasteiger partial charge in [-0.1, -0.05) is 36.4 Å². The van der Waals surface area contributed by atoms with E-state index in [0.717, 1.165) is 23.0 Å². The molecule has 24 heavy (non-hydrogen) atoms. The van der Waals surface area contributed by atoms with Crippen molar-refractivity contribution in [2.24, 2.45) is 9.98 Å². The topological polar surface area (TPSA) is 48.8 Å². The van der Waals surface area contributed by atoms with E-state index < -0.39 is 0 Å². The van der Waals surface area contributed by atoms with Gasteiger partial charge < -0.3 is 10.6 Å². The molecule has 0 radical (unpaired) electrons. The number of hydrogen-bond donors (Lipinski definition) is 2. The number of benzene rings is 2. The van der Waals surface area contributed by atoms with Crippen LogP contribution in [0.1, 0.15) is 22.3 Å². The van der Waals surface area contributed by atoms with Gasteiger partial charge >= 0.3 is 0 Å². The molecule has 3 rings (SSSR count). The Balaban J connectivity index is 1.88. The Kier molecular flexibility index (Phi) is 4.65. The molecule has 0 bridgehead atoms. The summed E-state index contributed by atoms with van der Waals surface area (Å²) in [5, 5.41) is 6.97. The minimum atomic E-state index is 0.713. The van der Waals surface area contributed by atoms with E-state index in [4.69, 9.17) is 0 Å². The maximum Gasteiger partial charge on any atom is 0.169 e. The van der Waals surface area contributed by atoms with Gasteiger partial charge in [0, 0.05) is 11.4 Å². The Morgan fingerprint density at radius 3 is 1.29 bits per heavy atom. The third kappa shape index (κ3) is 3.32. The molecule has 0 fully saturated rings. The summed E-state index contributed by atoms with van der Waals surface area (Å²) in [4.78, 5) is 9.31. The summed E-state index contributed by atoms with van der Waals surface area (Å²) in [6.45, 7) is 9.85. The Hall–Kier alpha value is -2.62. The van der Waals surface area contributed by atoms with Gasteiger partial charge in [0.1, 0.15) is 0 Å². The Morgan fingerprint density at radius 1 is 0.625 bits per heavy atom. The van der Waals surface area contributed by atoms with Gasteiger partial charge in [-0.15, -0.1) is 0 Å². The van der Waals surface area contributed by atoms with Crippen LogP contribution in [0, 0.1) is 27.7 Å². The van der Waals surface area contributed by atoms with Crippen molar-refractivity contribution in [2.45, 2.75) is 27.7 Å². The second-order valence-electron chi connectivity index (χ2n) is 6.24. The lowest BCUT2D eigenvalue weighted by molar-refractivity contribution is 0.961. The fourth-order valence-electron chi connectivity index (χ4n) is 2.93. The van der Waals surface area contributed by atoms with Crippen LogP contribution in [-0.2, 0) is 0 Å². The maximum absolute atomic E-state index is 4.66. The fourth-order valence-corrected chi connectivity index (χ4v) is 2.93. The molecule has 0 aliphatic carbocycles. The lowest BCUT2D eigenvalue weighted by Gasteiger charge is -2.21. The van der Waals surface area contributed by atoms with Crippen LogP contribution >= 0.6 is 0 Å². The number of rotatable bonds is 2. The second-order valence-corrected chi connectivity index (χ2v) is 6.24. The highest BCUT2D eigenvalue weighted by Gasteiger charge is 2.16. The SMILES string of the molecule is Cc1cccc(C)c1NC1=NCCN=C1Nc1c(C)cccc1C. The molecule has 2 aromatic rings. The first-order chi connectivity index (χ1) is 11.6. The minimum Gasteiger partial charge on any atom is -0.337 e. The molecule has 0 saturated carbocycles. The highest BCUT2D eigenvalue weighted by Crippen LogP contribution is 2.22. The second kappa shape index (κ2) is 6.87. The third-order valence-corrected chi connectivity index (χ3v) is 4.31. The monoisotopic (exact) mass is 320 g/mol. The molecular weight excluding hydrogens is 296 g/mol. The van der Waals surface area contributed by atoms with Crippen molar-refractivity contribution < 1.29 is 0 Å². The van der Waals surface area contributed by atoms with E-state index in [-0.39, 0.29) is 0 Å². The van der Waals surface area contributed by atoms with E-state index in [0.29, 0.717) is 13.1 Å². The maximum atomic E-state index is 4.66. The predicted octanol–water partition coefficient (Wildman–Crippen LogP) is 4.25. The lowest BCUT2D eigenvalue weighted by atomic mass is 10.1. The first-order valence-corrected chi connectivity index (χ1v) is 8.32. The van der Waals surface area contributed by atoms with Crippen LogP contribution in [0.2, 0.25) is 0 Å². The van der Waals surface area contributed by atoms with Crippen molar-refractivity contribution in [3.05, 3.63) is 58.7 Å². The van der Waals surface area contributed by atoms with Gasteiger partial charge in [-0.2, -0.15) is 0 Å². The zero-order valence-electron chi connectivity index (χ0n) is 14.8. The molecule has 0 atom stereocenters. The van der Waals surface area contributed by atoms with Crippen molar-refractivity contribution in [3.8, 4) is 0 Å². The van der Waals surface area contributed by atoms with Crippen molar-refractivity contribution >= 4 is 23.0 Å². The van der Waals surface area contributed by atoms with Gasteiger partial charge in [0.15, 0.2) is 11.7 Å². The van der Waals surface area contributed by atoms with Crippen LogP contribution in [0.5, 0.6) is 0 Å². The predicted molar refractivity (Wildman–Crippen MR) is 104 cm³/mol. The first-order valence-electron chi connectivity index (χ1n) is 8.32. The number of anilines is 2. The number of hydrogen-bond acceptors (Lipinski definition) is 4. The quantitative estimate of drug-likeness (QED) is 0.869. The first kappa shape index (κ1) is 16.2. The molecule has 1 heterocycles. The number of nitrogens with one attached hydrogen (secondary N) is 2. The standard InChI is InChI=1S/C20H24N4/c1-13-7-5-8-14(2)17(13)23-19-20(22-12-11-21-19)24-18-15(3)9-6-10-16(18)4/h5-10H,11-12H2,1-4H3,(H,21,23)(H,22,24). The van der Waals surface area contributed by atoms with Gasteiger partial charge in [-0.25, -0.2) is 0 Å². The molecule has 2 aromatic carbocycles. The van der Waals surface area contributed by atoms with Crippen LogP contribution in [-0.4, -0.2) is 24.8 Å². The van der Waals surface area contributed by atoms with Crippen LogP contribution in [0.4, 0.5) is 11.4 Å². The van der Waals surface area contributed by atoms with Crippen molar-refractivity contribution in [1.29, 1.82) is 0 Å². The van der Waals surface area contributed by atoms with Crippen LogP contribution in [0.25, 0.3) is 0 Å². The largest absolute Gasteiger partial charge is 0.337 e. The number of para-hydroxylation sites is 2. The van der Waals surface area contributed by atoms with Crippen LogP contribution in [0.3, 0.4) is 0 Å². The molecule has 2 N–H and O–H groups in total. The minimum absolute atomic E-state index is 0.713. The summed E-state index contributed by atoms with van der Waals surface area (Å²) < 4.78 is 0. The highest BCUT2D eigenvalue weighted by molar-refractivity contribution is 6.49. The van der Waals surface area contributed by atoms with Gasteiger partial charge in [-0.3, -0.25) is 9.98 Å². The smallest absolute Gasteiger partial charge is 0.169 e. The normalized spacial score (nSPS) is 14.0. The van der Waals surface area contributed by atoms with Crippen molar-refractivity contribution in [2.75, 3.05) is 23.7 Å². The van der Waals surface area contributed by atoms with E-state index >= 15 is 0 Å². The Bertz CT molecular complexity index is 708. The van der Waals surface area contributed by atoms with E-state index in [2.05, 4.69) is 84.7 Å². The molecule has 4 heteroatoms. The van der Waals surface area contributed by atoms with E-state index in [1.165, 1.54) is 22.3 Å². The number of aliphatic imine (C=N–C) groups is 2. The van der Waals surface area contributed by atoms with E-state index in [1.54, 1.807) is 0 Å². The van der Waals surface area contributed by atoms with E-state index in [1.807, 2.05) is 0 Å². The molecular formula is C20H24N4. The molecule has 1 aliphatic heterocycles. The van der Waals surface area contributed by atoms with Gasteiger partial charge in [0.2, 0.25) is 0 Å². The summed E-state index contributed by atoms with van der Waals surface area (Å²) in [6, 6.07) is 12.6. The molecule has 0 amide bonds. The Morgan fingerprint density at radius 2 is 0.958 bits per heavy atom. The molecule has 0 spiro atoms. The number of nitrogens with zero attached hydrogens (tertiary/aromatic N) is 2. The highest BCUT2D eigenvalue weighted by atomic mass is 15.1. The number of aryl methyl sites for hydroxylation is 4. The fraction of sp³-hybridized carbons (Fsp3) is 0.300. The van der Waals surface area contributed by atoms with Gasteiger partial charge in [0.25, 0.3) is 0 Å². The summed E-state index contributed by atoms with van der Waals surface area (Å²) in [7, 11) is 0. The van der Waals surface area contributed by atoms with Crippen molar-refractivity contribution in [3.63, 3.8) is 0 Å². The molecule has 0 aromatic heterocycles. The molecule has 0 saturated heterocycles. The zero-order chi connectivity index (χ0) is 17.1. The lowest BCUT2D eigenvalue weighted by Crippen LogP contribution is -2.34. The van der Waals surface area contributed by atoms with Crippen LogP contribution in [0.15, 0.2) is 46.4 Å². The molecule has 4 nitrogen and oxygen atoms in total. The van der Waals surface area contributed by atoms with Gasteiger partial charge in [-0.05, 0) is 49.9 Å². The van der Waals surface area contributed by atoms with Crippen LogP contribution < -0.4 is 10.6 Å². The average Bonchev–Trinajstić information content (AvgIpc) is 2.56. The zero-order valence-corrected chi connectivity index (χ0v) is 14.8. The Labute approximate surface area is 143 Å². The molecule has 124 valence electrons. The average molecular weight is 320 g/mol. The summed E-state index contributed by atoms with van der Waals surface area (Å²) in [6.07, 6.45) is 0. The molecule has 1 aliphatic rings. The summed E-state index contributed by atoms with van der Waals surface area (Å²) in [5.74, 6) is 1.61. The number of amidine groups is 2. The van der Waals surface area contributed by atoms with Crippen molar-refractivity contribution in [1.82, 2.24) is 0 Å². The van der Waals surface area contributed by atoms with Gasteiger partial charge in [0.05, 0.1) is 13.1 Å². The molecule has 0 unspecified atom stereocenters.